The van der Waals surface area contributed by atoms with Crippen molar-refractivity contribution in [2.24, 2.45) is 29.6 Å². The Balaban J connectivity index is 1.71. The third-order valence-electron chi connectivity index (χ3n) is 4.99. The summed E-state index contributed by atoms with van der Waals surface area (Å²) in [4.78, 5) is 0. The predicted molar refractivity (Wildman–Crippen MR) is 62.3 cm³/mol. The van der Waals surface area contributed by atoms with E-state index in [1.54, 1.807) is 5.57 Å². The lowest BCUT2D eigenvalue weighted by Gasteiger charge is -2.33. The molecule has 0 N–H and O–H groups in total. The molecule has 1 saturated carbocycles. The average molecular weight is 198 g/mol. The number of fused-ring (bicyclic) bond motifs is 5. The molecule has 0 aromatic carbocycles. The van der Waals surface area contributed by atoms with Gasteiger partial charge in [0, 0.05) is 5.92 Å². The van der Waals surface area contributed by atoms with Gasteiger partial charge in [-0.2, -0.15) is 0 Å². The highest BCUT2D eigenvalue weighted by atomic mass is 14.5. The summed E-state index contributed by atoms with van der Waals surface area (Å²) < 4.78 is 0. The first-order valence-corrected chi connectivity index (χ1v) is 6.48. The molecule has 0 aliphatic heterocycles. The van der Waals surface area contributed by atoms with Gasteiger partial charge in [0.25, 0.3) is 0 Å². The minimum Gasteiger partial charge on any atom is -0.0879 e. The van der Waals surface area contributed by atoms with Gasteiger partial charge >= 0.3 is 0 Å². The van der Waals surface area contributed by atoms with Crippen LogP contribution < -0.4 is 0 Å². The van der Waals surface area contributed by atoms with Crippen molar-refractivity contribution in [2.45, 2.75) is 25.7 Å². The van der Waals surface area contributed by atoms with Crippen molar-refractivity contribution < 1.29 is 0 Å². The van der Waals surface area contributed by atoms with E-state index < -0.39 is 0 Å². The topological polar surface area (TPSA) is 0 Å². The van der Waals surface area contributed by atoms with E-state index in [1.807, 2.05) is 0 Å². The molecule has 0 nitrogen and oxygen atoms in total. The van der Waals surface area contributed by atoms with Crippen LogP contribution in [-0.4, -0.2) is 0 Å². The van der Waals surface area contributed by atoms with Crippen LogP contribution in [0.5, 0.6) is 0 Å². The van der Waals surface area contributed by atoms with Gasteiger partial charge in [0.05, 0.1) is 0 Å². The molecule has 0 aromatic heterocycles. The molecule has 0 radical (unpaired) electrons. The van der Waals surface area contributed by atoms with Gasteiger partial charge in [0.15, 0.2) is 0 Å². The quantitative estimate of drug-likeness (QED) is 0.520. The molecular formula is C15H18. The van der Waals surface area contributed by atoms with Gasteiger partial charge in [-0.05, 0) is 49.4 Å². The van der Waals surface area contributed by atoms with Crippen molar-refractivity contribution >= 4 is 0 Å². The van der Waals surface area contributed by atoms with E-state index in [-0.39, 0.29) is 0 Å². The Hall–Kier alpha value is -0.780. The summed E-state index contributed by atoms with van der Waals surface area (Å²) >= 11 is 0. The molecule has 5 unspecified atom stereocenters. The largest absolute Gasteiger partial charge is 0.0879 e. The van der Waals surface area contributed by atoms with E-state index in [4.69, 9.17) is 0 Å². The third kappa shape index (κ3) is 1.14. The second-order valence-electron chi connectivity index (χ2n) is 5.71. The van der Waals surface area contributed by atoms with Crippen molar-refractivity contribution in [1.82, 2.24) is 0 Å². The predicted octanol–water partition coefficient (Wildman–Crippen LogP) is 3.72. The molecule has 0 heteroatoms. The van der Waals surface area contributed by atoms with E-state index in [2.05, 4.69) is 30.4 Å². The van der Waals surface area contributed by atoms with Crippen LogP contribution in [-0.2, 0) is 0 Å². The fourth-order valence-electron chi connectivity index (χ4n) is 4.15. The van der Waals surface area contributed by atoms with Crippen LogP contribution in [0.2, 0.25) is 0 Å². The molecule has 5 atom stereocenters. The van der Waals surface area contributed by atoms with Gasteiger partial charge in [0.2, 0.25) is 0 Å². The van der Waals surface area contributed by atoms with E-state index in [0.29, 0.717) is 0 Å². The Kier molecular flexibility index (Phi) is 1.60. The fraction of sp³-hybridized carbons (Fsp3) is 0.600. The first-order chi connectivity index (χ1) is 7.43. The smallest absolute Gasteiger partial charge is 0.00168 e. The fourth-order valence-corrected chi connectivity index (χ4v) is 4.15. The molecule has 0 aromatic rings. The minimum atomic E-state index is 0.821. The number of allylic oxidation sites excluding steroid dienone is 6. The zero-order valence-corrected chi connectivity index (χ0v) is 9.10. The highest BCUT2D eigenvalue weighted by Crippen LogP contribution is 2.55. The monoisotopic (exact) mass is 198 g/mol. The van der Waals surface area contributed by atoms with E-state index in [9.17, 15) is 0 Å². The molecule has 0 heterocycles. The maximum absolute atomic E-state index is 2.53. The highest BCUT2D eigenvalue weighted by Gasteiger charge is 2.44. The average Bonchev–Trinajstić information content (AvgIpc) is 2.94. The molecule has 4 aliphatic carbocycles. The van der Waals surface area contributed by atoms with Crippen molar-refractivity contribution in [2.75, 3.05) is 0 Å². The van der Waals surface area contributed by atoms with Crippen molar-refractivity contribution in [3.63, 3.8) is 0 Å². The SMILES string of the molecule is C1=CC2C3=CC3CCC2C2C=CCC2C1. The maximum atomic E-state index is 2.53. The Morgan fingerprint density at radius 3 is 2.80 bits per heavy atom. The maximum Gasteiger partial charge on any atom is 0.00168 e. The lowest BCUT2D eigenvalue weighted by atomic mass is 9.70. The first kappa shape index (κ1) is 8.38. The molecule has 15 heavy (non-hydrogen) atoms. The summed E-state index contributed by atoms with van der Waals surface area (Å²) in [6.45, 7) is 0. The first-order valence-electron chi connectivity index (χ1n) is 6.48. The van der Waals surface area contributed by atoms with Crippen molar-refractivity contribution in [3.05, 3.63) is 36.0 Å². The number of hydrogen-bond donors (Lipinski definition) is 0. The van der Waals surface area contributed by atoms with Crippen LogP contribution in [0, 0.1) is 29.6 Å². The summed E-state index contributed by atoms with van der Waals surface area (Å²) in [5.74, 6) is 4.51. The Morgan fingerprint density at radius 2 is 1.87 bits per heavy atom. The zero-order valence-electron chi connectivity index (χ0n) is 9.10. The lowest BCUT2D eigenvalue weighted by Crippen LogP contribution is -2.26. The Morgan fingerprint density at radius 1 is 1.00 bits per heavy atom. The van der Waals surface area contributed by atoms with Gasteiger partial charge in [0.1, 0.15) is 0 Å². The van der Waals surface area contributed by atoms with Crippen LogP contribution in [0.1, 0.15) is 25.7 Å². The standard InChI is InChI=1S/C15H18/c1-3-10-4-2-6-13-14(12(10)5-1)8-7-11-9-15(11)13/h1-2,5-6,9-14H,3-4,7-8H2. The second kappa shape index (κ2) is 2.87. The summed E-state index contributed by atoms with van der Waals surface area (Å²) in [5, 5.41) is 0. The summed E-state index contributed by atoms with van der Waals surface area (Å²) in [7, 11) is 0. The summed E-state index contributed by atoms with van der Waals surface area (Å²) in [5.41, 5.74) is 1.78. The van der Waals surface area contributed by atoms with E-state index in [0.717, 1.165) is 29.6 Å². The summed E-state index contributed by atoms with van der Waals surface area (Å²) in [6, 6.07) is 0. The van der Waals surface area contributed by atoms with Gasteiger partial charge in [-0.1, -0.05) is 36.0 Å². The van der Waals surface area contributed by atoms with Crippen LogP contribution in [0.25, 0.3) is 0 Å². The van der Waals surface area contributed by atoms with E-state index >= 15 is 0 Å². The molecule has 4 aliphatic rings. The molecule has 4 rings (SSSR count). The second-order valence-corrected chi connectivity index (χ2v) is 5.71. The minimum absolute atomic E-state index is 0.821. The van der Waals surface area contributed by atoms with E-state index in [1.165, 1.54) is 25.7 Å². The van der Waals surface area contributed by atoms with Gasteiger partial charge < -0.3 is 0 Å². The van der Waals surface area contributed by atoms with Gasteiger partial charge in [-0.25, -0.2) is 0 Å². The number of hydrogen-bond acceptors (Lipinski definition) is 0. The van der Waals surface area contributed by atoms with Crippen LogP contribution >= 0.6 is 0 Å². The molecule has 78 valence electrons. The van der Waals surface area contributed by atoms with Gasteiger partial charge in [-0.3, -0.25) is 0 Å². The van der Waals surface area contributed by atoms with Gasteiger partial charge in [-0.15, -0.1) is 0 Å². The Bertz CT molecular complexity index is 371. The normalized spacial score (nSPS) is 50.1. The zero-order chi connectivity index (χ0) is 9.83. The summed E-state index contributed by atoms with van der Waals surface area (Å²) in [6.07, 6.45) is 18.0. The molecule has 1 fully saturated rings. The van der Waals surface area contributed by atoms with Crippen LogP contribution in [0.3, 0.4) is 0 Å². The third-order valence-corrected chi connectivity index (χ3v) is 4.99. The van der Waals surface area contributed by atoms with Crippen molar-refractivity contribution in [3.8, 4) is 0 Å². The highest BCUT2D eigenvalue weighted by molar-refractivity contribution is 5.38. The van der Waals surface area contributed by atoms with Crippen LogP contribution in [0.4, 0.5) is 0 Å². The molecule has 0 saturated heterocycles. The Labute approximate surface area is 91.8 Å². The molecule has 0 bridgehead atoms. The number of rotatable bonds is 0. The lowest BCUT2D eigenvalue weighted by molar-refractivity contribution is 0.230. The van der Waals surface area contributed by atoms with Crippen LogP contribution in [0.15, 0.2) is 36.0 Å². The molecule has 0 amide bonds. The van der Waals surface area contributed by atoms with Crippen molar-refractivity contribution in [1.29, 1.82) is 0 Å². The molecule has 0 spiro atoms. The molecular weight excluding hydrogens is 180 g/mol.